The number of carbonyl (C=O) groups excluding carboxylic acids is 1. The van der Waals surface area contributed by atoms with Crippen molar-refractivity contribution in [3.05, 3.63) is 62.7 Å². The van der Waals surface area contributed by atoms with Gasteiger partial charge in [0.15, 0.2) is 0 Å². The Bertz CT molecular complexity index is 704. The Hall–Kier alpha value is -1.27. The summed E-state index contributed by atoms with van der Waals surface area (Å²) >= 11 is 8.89. The molecule has 0 saturated carbocycles. The summed E-state index contributed by atoms with van der Waals surface area (Å²) < 4.78 is 1.17. The largest absolute Gasteiger partial charge is 0.323 e. The summed E-state index contributed by atoms with van der Waals surface area (Å²) in [5.74, 6) is 0. The third-order valence-electron chi connectivity index (χ3n) is 3.56. The van der Waals surface area contributed by atoms with Crippen LogP contribution < -0.4 is 5.32 Å². The molecule has 1 atom stereocenters. The standard InChI is InChI=1S/C16H14ClIN2O/c1-20-9-12-7-11(5-6-14(12)19-16(20)21)15(17)10-3-2-4-13(18)8-10/h2-8,15H,9H2,1H3,(H,19,21). The Kier molecular flexibility index (Phi) is 4.08. The Morgan fingerprint density at radius 2 is 2.00 bits per heavy atom. The molecule has 1 heterocycles. The van der Waals surface area contributed by atoms with Crippen molar-refractivity contribution in [2.45, 2.75) is 11.9 Å². The van der Waals surface area contributed by atoms with E-state index in [1.54, 1.807) is 11.9 Å². The first kappa shape index (κ1) is 14.7. The fourth-order valence-electron chi connectivity index (χ4n) is 2.42. The minimum Gasteiger partial charge on any atom is -0.323 e. The molecule has 1 unspecified atom stereocenters. The average molecular weight is 413 g/mol. The average Bonchev–Trinajstić information content (AvgIpc) is 2.47. The lowest BCUT2D eigenvalue weighted by Crippen LogP contribution is -2.35. The molecule has 5 heteroatoms. The van der Waals surface area contributed by atoms with E-state index < -0.39 is 0 Å². The van der Waals surface area contributed by atoms with E-state index in [1.165, 1.54) is 3.57 Å². The number of hydrogen-bond donors (Lipinski definition) is 1. The number of fused-ring (bicyclic) bond motifs is 1. The molecule has 0 spiro atoms. The van der Waals surface area contributed by atoms with Gasteiger partial charge in [0.05, 0.1) is 5.38 Å². The minimum absolute atomic E-state index is 0.0738. The zero-order valence-corrected chi connectivity index (χ0v) is 14.4. The van der Waals surface area contributed by atoms with Gasteiger partial charge in [-0.25, -0.2) is 4.79 Å². The number of hydrogen-bond acceptors (Lipinski definition) is 1. The number of urea groups is 1. The van der Waals surface area contributed by atoms with Crippen molar-refractivity contribution >= 4 is 45.9 Å². The predicted octanol–water partition coefficient (Wildman–Crippen LogP) is 4.60. The summed E-state index contributed by atoms with van der Waals surface area (Å²) in [6.07, 6.45) is 0. The van der Waals surface area contributed by atoms with Gasteiger partial charge < -0.3 is 10.2 Å². The van der Waals surface area contributed by atoms with Crippen LogP contribution in [0.4, 0.5) is 10.5 Å². The normalized spacial score (nSPS) is 15.4. The van der Waals surface area contributed by atoms with Crippen molar-refractivity contribution in [1.29, 1.82) is 0 Å². The molecule has 0 fully saturated rings. The highest BCUT2D eigenvalue weighted by Gasteiger charge is 2.21. The van der Waals surface area contributed by atoms with Crippen molar-refractivity contribution in [2.24, 2.45) is 0 Å². The monoisotopic (exact) mass is 412 g/mol. The topological polar surface area (TPSA) is 32.3 Å². The number of nitrogens with zero attached hydrogens (tertiary/aromatic N) is 1. The van der Waals surface area contributed by atoms with Gasteiger partial charge in [-0.3, -0.25) is 0 Å². The maximum Gasteiger partial charge on any atom is 0.321 e. The molecule has 3 nitrogen and oxygen atoms in total. The van der Waals surface area contributed by atoms with Crippen LogP contribution in [0.5, 0.6) is 0 Å². The molecule has 2 aromatic carbocycles. The highest BCUT2D eigenvalue weighted by atomic mass is 127. The number of benzene rings is 2. The van der Waals surface area contributed by atoms with Crippen LogP contribution in [0.1, 0.15) is 22.1 Å². The van der Waals surface area contributed by atoms with E-state index in [1.807, 2.05) is 30.3 Å². The second-order valence-electron chi connectivity index (χ2n) is 5.12. The molecule has 21 heavy (non-hydrogen) atoms. The first-order valence-electron chi connectivity index (χ1n) is 6.59. The van der Waals surface area contributed by atoms with Crippen LogP contribution in [0, 0.1) is 3.57 Å². The summed E-state index contributed by atoms with van der Waals surface area (Å²) in [5, 5.41) is 2.68. The molecule has 0 aliphatic carbocycles. The number of halogens is 2. The van der Waals surface area contributed by atoms with Crippen molar-refractivity contribution in [3.63, 3.8) is 0 Å². The summed E-state index contributed by atoms with van der Waals surface area (Å²) in [6.45, 7) is 0.602. The molecule has 2 amide bonds. The second kappa shape index (κ2) is 5.85. The highest BCUT2D eigenvalue weighted by molar-refractivity contribution is 14.1. The van der Waals surface area contributed by atoms with Gasteiger partial charge in [0.1, 0.15) is 0 Å². The van der Waals surface area contributed by atoms with E-state index in [0.717, 1.165) is 22.4 Å². The molecular formula is C16H14ClIN2O. The van der Waals surface area contributed by atoms with Crippen LogP contribution in [0.15, 0.2) is 42.5 Å². The van der Waals surface area contributed by atoms with E-state index in [2.05, 4.69) is 40.0 Å². The summed E-state index contributed by atoms with van der Waals surface area (Å²) in [5.41, 5.74) is 4.08. The lowest BCUT2D eigenvalue weighted by molar-refractivity contribution is 0.218. The first-order chi connectivity index (χ1) is 10.0. The fraction of sp³-hybridized carbons (Fsp3) is 0.188. The molecule has 2 aromatic rings. The Morgan fingerprint density at radius 1 is 1.24 bits per heavy atom. The molecule has 3 rings (SSSR count). The van der Waals surface area contributed by atoms with Crippen LogP contribution in [0.25, 0.3) is 0 Å². The fourth-order valence-corrected chi connectivity index (χ4v) is 3.26. The Labute approximate surface area is 142 Å². The van der Waals surface area contributed by atoms with Gasteiger partial charge in [0, 0.05) is 22.8 Å². The number of amides is 2. The zero-order valence-electron chi connectivity index (χ0n) is 11.4. The predicted molar refractivity (Wildman–Crippen MR) is 93.8 cm³/mol. The lowest BCUT2D eigenvalue weighted by atomic mass is 10.00. The van der Waals surface area contributed by atoms with Gasteiger partial charge in [-0.1, -0.05) is 24.3 Å². The maximum absolute atomic E-state index is 11.6. The molecule has 1 N–H and O–H groups in total. The number of rotatable bonds is 2. The molecule has 0 radical (unpaired) electrons. The van der Waals surface area contributed by atoms with Crippen molar-refractivity contribution in [2.75, 3.05) is 12.4 Å². The number of nitrogens with one attached hydrogen (secondary N) is 1. The molecule has 1 aliphatic heterocycles. The van der Waals surface area contributed by atoms with Gasteiger partial charge in [-0.05, 0) is 57.5 Å². The maximum atomic E-state index is 11.6. The number of carbonyl (C=O) groups is 1. The molecule has 1 aliphatic rings. The van der Waals surface area contributed by atoms with Crippen LogP contribution >= 0.6 is 34.2 Å². The van der Waals surface area contributed by atoms with Crippen LogP contribution in [-0.4, -0.2) is 18.0 Å². The van der Waals surface area contributed by atoms with Gasteiger partial charge in [0.25, 0.3) is 0 Å². The van der Waals surface area contributed by atoms with Crippen molar-refractivity contribution in [1.82, 2.24) is 4.90 Å². The van der Waals surface area contributed by atoms with Crippen LogP contribution in [0.3, 0.4) is 0 Å². The first-order valence-corrected chi connectivity index (χ1v) is 8.10. The summed E-state index contributed by atoms with van der Waals surface area (Å²) in [7, 11) is 1.78. The highest BCUT2D eigenvalue weighted by Crippen LogP contribution is 2.33. The van der Waals surface area contributed by atoms with Crippen molar-refractivity contribution in [3.8, 4) is 0 Å². The van der Waals surface area contributed by atoms with Crippen LogP contribution in [-0.2, 0) is 6.54 Å². The number of alkyl halides is 1. The quantitative estimate of drug-likeness (QED) is 0.567. The van der Waals surface area contributed by atoms with Gasteiger partial charge in [-0.2, -0.15) is 0 Å². The molecule has 0 aromatic heterocycles. The SMILES string of the molecule is CN1Cc2cc(C(Cl)c3cccc(I)c3)ccc2NC1=O. The smallest absolute Gasteiger partial charge is 0.321 e. The summed E-state index contributed by atoms with van der Waals surface area (Å²) in [4.78, 5) is 13.3. The second-order valence-corrected chi connectivity index (χ2v) is 6.80. The van der Waals surface area contributed by atoms with E-state index in [9.17, 15) is 4.79 Å². The Morgan fingerprint density at radius 3 is 2.76 bits per heavy atom. The third kappa shape index (κ3) is 3.01. The lowest BCUT2D eigenvalue weighted by Gasteiger charge is -2.26. The molecule has 108 valence electrons. The van der Waals surface area contributed by atoms with Gasteiger partial charge in [-0.15, -0.1) is 11.6 Å². The Balaban J connectivity index is 1.93. The van der Waals surface area contributed by atoms with Gasteiger partial charge in [0.2, 0.25) is 0 Å². The van der Waals surface area contributed by atoms with Crippen LogP contribution in [0.2, 0.25) is 0 Å². The molecule has 0 saturated heterocycles. The van der Waals surface area contributed by atoms with E-state index in [-0.39, 0.29) is 11.4 Å². The molecule has 0 bridgehead atoms. The number of anilines is 1. The minimum atomic E-state index is -0.187. The van der Waals surface area contributed by atoms with E-state index >= 15 is 0 Å². The van der Waals surface area contributed by atoms with E-state index in [4.69, 9.17) is 11.6 Å². The molecular weight excluding hydrogens is 399 g/mol. The van der Waals surface area contributed by atoms with E-state index in [0.29, 0.717) is 6.54 Å². The van der Waals surface area contributed by atoms with Crippen molar-refractivity contribution < 1.29 is 4.79 Å². The summed E-state index contributed by atoms with van der Waals surface area (Å²) in [6, 6.07) is 14.1. The third-order valence-corrected chi connectivity index (χ3v) is 4.73. The van der Waals surface area contributed by atoms with Gasteiger partial charge >= 0.3 is 6.03 Å². The zero-order chi connectivity index (χ0) is 15.0.